The largest absolute Gasteiger partial charge is 0.544 e. The highest BCUT2D eigenvalue weighted by molar-refractivity contribution is 7.20. The number of carbonyl (C=O) groups is 1. The normalized spacial score (nSPS) is 14.8. The first kappa shape index (κ1) is 18.4. The molecule has 0 amide bonds. The Kier molecular flexibility index (Phi) is 5.00. The number of aryl methyl sites for hydroxylation is 1. The Bertz CT molecular complexity index is 1110. The Hall–Kier alpha value is -2.93. The highest BCUT2D eigenvalue weighted by atomic mass is 32.1. The lowest BCUT2D eigenvalue weighted by Gasteiger charge is -2.28. The smallest absolute Gasteiger partial charge is 0.260 e. The lowest BCUT2D eigenvalue weighted by molar-refractivity contribution is -0.254. The van der Waals surface area contributed by atoms with Gasteiger partial charge in [-0.05, 0) is 55.5 Å². The van der Waals surface area contributed by atoms with E-state index in [1.807, 2.05) is 18.2 Å². The molecular weight excluding hydrogens is 374 g/mol. The van der Waals surface area contributed by atoms with Gasteiger partial charge in [0.05, 0.1) is 16.2 Å². The number of aromatic amines is 1. The average Bonchev–Trinajstić information content (AvgIpc) is 3.05. The minimum atomic E-state index is -1.29. The molecule has 7 heteroatoms. The van der Waals surface area contributed by atoms with Gasteiger partial charge in [0, 0.05) is 18.8 Å². The van der Waals surface area contributed by atoms with Crippen LogP contribution in [0.1, 0.15) is 45.9 Å². The zero-order valence-corrected chi connectivity index (χ0v) is 16.3. The average molecular weight is 394 g/mol. The van der Waals surface area contributed by atoms with E-state index < -0.39 is 5.97 Å². The monoisotopic (exact) mass is 394 g/mol. The fraction of sp³-hybridized carbons (Fsp3) is 0.286. The highest BCUT2D eigenvalue weighted by Crippen LogP contribution is 2.26. The Morgan fingerprint density at radius 2 is 1.89 bits per heavy atom. The Labute approximate surface area is 166 Å². The van der Waals surface area contributed by atoms with E-state index in [0.717, 1.165) is 30.0 Å². The van der Waals surface area contributed by atoms with E-state index in [1.54, 1.807) is 13.0 Å². The number of hydrogen-bond acceptors (Lipinski definition) is 6. The predicted molar refractivity (Wildman–Crippen MR) is 111 cm³/mol. The molecule has 0 radical (unpaired) electrons. The number of anilines is 1. The molecule has 1 N–H and O–H groups in total. The maximum absolute atomic E-state index is 12.3. The summed E-state index contributed by atoms with van der Waals surface area (Å²) in [5, 5.41) is 11.5. The lowest BCUT2D eigenvalue weighted by atomic mass is 10.1. The van der Waals surface area contributed by atoms with Crippen molar-refractivity contribution in [2.24, 2.45) is 0 Å². The topological polar surface area (TPSA) is 89.1 Å². The number of aromatic nitrogens is 2. The molecule has 0 saturated carbocycles. The molecule has 1 aliphatic rings. The molecule has 3 heterocycles. The van der Waals surface area contributed by atoms with Crippen LogP contribution in [0.15, 0.2) is 29.1 Å². The summed E-state index contributed by atoms with van der Waals surface area (Å²) in [6.07, 6.45) is 7.39. The molecule has 0 unspecified atom stereocenters. The molecule has 1 saturated heterocycles. The van der Waals surface area contributed by atoms with E-state index in [-0.39, 0.29) is 10.4 Å². The molecule has 0 aliphatic carbocycles. The van der Waals surface area contributed by atoms with Gasteiger partial charge in [0.2, 0.25) is 0 Å². The number of piperidine rings is 1. The van der Waals surface area contributed by atoms with Crippen LogP contribution in [0.2, 0.25) is 0 Å². The number of thiophene rings is 1. The van der Waals surface area contributed by atoms with Crippen LogP contribution in [-0.2, 0) is 0 Å². The second kappa shape index (κ2) is 7.59. The van der Waals surface area contributed by atoms with Crippen molar-refractivity contribution in [2.75, 3.05) is 18.0 Å². The van der Waals surface area contributed by atoms with Crippen molar-refractivity contribution in [3.8, 4) is 0 Å². The minimum Gasteiger partial charge on any atom is -0.544 e. The first-order chi connectivity index (χ1) is 13.5. The number of H-pyrrole nitrogens is 1. The van der Waals surface area contributed by atoms with Crippen LogP contribution in [0.5, 0.6) is 0 Å². The van der Waals surface area contributed by atoms with Gasteiger partial charge in [0.15, 0.2) is 0 Å². The second-order valence-corrected chi connectivity index (χ2v) is 7.95. The number of benzene rings is 1. The summed E-state index contributed by atoms with van der Waals surface area (Å²) in [4.78, 5) is 33.5. The molecule has 6 nitrogen and oxygen atoms in total. The van der Waals surface area contributed by atoms with Crippen LogP contribution < -0.4 is 15.6 Å². The van der Waals surface area contributed by atoms with Gasteiger partial charge in [-0.25, -0.2) is 4.98 Å². The zero-order valence-electron chi connectivity index (χ0n) is 15.5. The first-order valence-electron chi connectivity index (χ1n) is 9.31. The number of fused-ring (bicyclic) bond motifs is 1. The molecular formula is C21H20N3O3S-. The molecule has 1 fully saturated rings. The number of nitrogens with one attached hydrogen (secondary N) is 1. The van der Waals surface area contributed by atoms with Gasteiger partial charge in [0.1, 0.15) is 10.7 Å². The van der Waals surface area contributed by atoms with Crippen LogP contribution in [-0.4, -0.2) is 29.0 Å². The van der Waals surface area contributed by atoms with Gasteiger partial charge >= 0.3 is 0 Å². The first-order valence-corrected chi connectivity index (χ1v) is 10.1. The molecule has 0 spiro atoms. The number of carbonyl (C=O) groups excluding carboxylic acids is 1. The summed E-state index contributed by atoms with van der Waals surface area (Å²) in [5.41, 5.74) is 2.29. The SMILES string of the molecule is Cc1c(C(=O)[O-])sc2nc(/C=C/c3ccc(N4CCCCC4)cc3)[nH]c(=O)c12. The summed E-state index contributed by atoms with van der Waals surface area (Å²) in [5.74, 6) is -0.894. The van der Waals surface area contributed by atoms with E-state index in [2.05, 4.69) is 27.0 Å². The molecule has 0 atom stereocenters. The molecule has 1 aromatic carbocycles. The van der Waals surface area contributed by atoms with Gasteiger partial charge in [0.25, 0.3) is 5.56 Å². The van der Waals surface area contributed by atoms with E-state index in [4.69, 9.17) is 0 Å². The highest BCUT2D eigenvalue weighted by Gasteiger charge is 2.14. The fourth-order valence-corrected chi connectivity index (χ4v) is 4.58. The third kappa shape index (κ3) is 3.57. The van der Waals surface area contributed by atoms with Crippen LogP contribution in [0.3, 0.4) is 0 Å². The van der Waals surface area contributed by atoms with Gasteiger partial charge in [-0.15, -0.1) is 11.3 Å². The summed E-state index contributed by atoms with van der Waals surface area (Å²) in [6.45, 7) is 3.81. The Balaban J connectivity index is 1.58. The maximum atomic E-state index is 12.3. The summed E-state index contributed by atoms with van der Waals surface area (Å²) < 4.78 is 0. The molecule has 4 rings (SSSR count). The van der Waals surface area contributed by atoms with Crippen molar-refractivity contribution in [2.45, 2.75) is 26.2 Å². The predicted octanol–water partition coefficient (Wildman–Crippen LogP) is 2.82. The van der Waals surface area contributed by atoms with Gasteiger partial charge in [-0.2, -0.15) is 0 Å². The lowest BCUT2D eigenvalue weighted by Crippen LogP contribution is -2.29. The van der Waals surface area contributed by atoms with Gasteiger partial charge in [-0.1, -0.05) is 18.2 Å². The standard InChI is InChI=1S/C21H21N3O3S/c1-13-17-19(25)22-16(23-20(17)28-18(13)21(26)27)10-7-14-5-8-15(9-6-14)24-11-3-2-4-12-24/h5-10H,2-4,11-12H2,1H3,(H,26,27)(H,22,23,25)/p-1/b10-7+. The molecule has 2 aromatic heterocycles. The number of carboxylic acids is 1. The Morgan fingerprint density at radius 1 is 1.18 bits per heavy atom. The fourth-order valence-electron chi connectivity index (χ4n) is 3.56. The van der Waals surface area contributed by atoms with E-state index >= 15 is 0 Å². The van der Waals surface area contributed by atoms with Crippen molar-refractivity contribution < 1.29 is 9.90 Å². The van der Waals surface area contributed by atoms with Crippen LogP contribution in [0, 0.1) is 6.92 Å². The number of rotatable bonds is 4. The zero-order chi connectivity index (χ0) is 19.7. The quantitative estimate of drug-likeness (QED) is 0.735. The second-order valence-electron chi connectivity index (χ2n) is 6.95. The van der Waals surface area contributed by atoms with Crippen LogP contribution >= 0.6 is 11.3 Å². The number of nitrogens with zero attached hydrogens (tertiary/aromatic N) is 2. The maximum Gasteiger partial charge on any atom is 0.260 e. The molecule has 144 valence electrons. The Morgan fingerprint density at radius 3 is 2.57 bits per heavy atom. The third-order valence-electron chi connectivity index (χ3n) is 5.05. The van der Waals surface area contributed by atoms with Crippen LogP contribution in [0.25, 0.3) is 22.4 Å². The van der Waals surface area contributed by atoms with Crippen molar-refractivity contribution in [1.82, 2.24) is 9.97 Å². The third-order valence-corrected chi connectivity index (χ3v) is 6.22. The molecule has 1 aliphatic heterocycles. The minimum absolute atomic E-state index is 0.0439. The summed E-state index contributed by atoms with van der Waals surface area (Å²) in [7, 11) is 0. The number of aromatic carboxylic acids is 1. The van der Waals surface area contributed by atoms with E-state index in [1.165, 1.54) is 24.9 Å². The summed E-state index contributed by atoms with van der Waals surface area (Å²) >= 11 is 0.967. The molecule has 3 aromatic rings. The van der Waals surface area contributed by atoms with Gasteiger partial charge in [-0.3, -0.25) is 4.79 Å². The van der Waals surface area contributed by atoms with Crippen LogP contribution in [0.4, 0.5) is 5.69 Å². The van der Waals surface area contributed by atoms with Crippen molar-refractivity contribution in [1.29, 1.82) is 0 Å². The van der Waals surface area contributed by atoms with E-state index in [0.29, 0.717) is 21.6 Å². The van der Waals surface area contributed by atoms with Gasteiger partial charge < -0.3 is 19.8 Å². The van der Waals surface area contributed by atoms with Crippen molar-refractivity contribution >= 4 is 45.4 Å². The number of carboxylic acid groups (broad SMARTS) is 1. The van der Waals surface area contributed by atoms with Crippen molar-refractivity contribution in [3.05, 3.63) is 56.4 Å². The summed E-state index contributed by atoms with van der Waals surface area (Å²) in [6, 6.07) is 8.30. The molecule has 0 bridgehead atoms. The number of hydrogen-bond donors (Lipinski definition) is 1. The molecule has 28 heavy (non-hydrogen) atoms. The van der Waals surface area contributed by atoms with Crippen molar-refractivity contribution in [3.63, 3.8) is 0 Å². The van der Waals surface area contributed by atoms with E-state index in [9.17, 15) is 14.7 Å².